The van der Waals surface area contributed by atoms with Crippen LogP contribution in [0.5, 0.6) is 0 Å². The first-order valence-corrected chi connectivity index (χ1v) is 10.8. The Hall–Kier alpha value is -3.59. The Bertz CT molecular complexity index is 1370. The maximum atomic E-state index is 14.9. The van der Waals surface area contributed by atoms with Gasteiger partial charge in [0, 0.05) is 29.6 Å². The van der Waals surface area contributed by atoms with E-state index in [0.29, 0.717) is 22.5 Å². The quantitative estimate of drug-likeness (QED) is 0.514. The number of carbonyl (C=O) groups excluding carboxylic acids is 1. The van der Waals surface area contributed by atoms with Crippen LogP contribution in [0.3, 0.4) is 0 Å². The van der Waals surface area contributed by atoms with Crippen LogP contribution in [0, 0.1) is 18.6 Å². The number of imidazole rings is 1. The van der Waals surface area contributed by atoms with Crippen molar-refractivity contribution in [2.45, 2.75) is 25.7 Å². The molecule has 1 amide bonds. The van der Waals surface area contributed by atoms with Crippen molar-refractivity contribution in [1.29, 1.82) is 0 Å². The normalized spacial score (nSPS) is 15.4. The van der Waals surface area contributed by atoms with E-state index in [2.05, 4.69) is 22.0 Å². The summed E-state index contributed by atoms with van der Waals surface area (Å²) in [7, 11) is 2.08. The molecule has 1 aliphatic heterocycles. The Kier molecular flexibility index (Phi) is 5.20. The van der Waals surface area contributed by atoms with Crippen molar-refractivity contribution in [1.82, 2.24) is 24.1 Å². The molecule has 3 aromatic heterocycles. The van der Waals surface area contributed by atoms with Crippen molar-refractivity contribution in [2.75, 3.05) is 20.1 Å². The number of fused-ring (bicyclic) bond motifs is 1. The molecule has 2 N–H and O–H groups in total. The summed E-state index contributed by atoms with van der Waals surface area (Å²) >= 11 is 0. The second-order valence-corrected chi connectivity index (χ2v) is 8.68. The average Bonchev–Trinajstić information content (AvgIpc) is 3.40. The Morgan fingerprint density at radius 3 is 2.58 bits per heavy atom. The fraction of sp³-hybridized carbons (Fsp3) is 0.292. The smallest absolute Gasteiger partial charge is 0.251 e. The molecule has 4 aromatic rings. The average molecular weight is 450 g/mol. The predicted molar refractivity (Wildman–Crippen MR) is 120 cm³/mol. The minimum atomic E-state index is -0.841. The second kappa shape index (κ2) is 8.08. The van der Waals surface area contributed by atoms with E-state index in [0.717, 1.165) is 37.2 Å². The zero-order valence-electron chi connectivity index (χ0n) is 18.4. The number of aromatic nitrogens is 4. The summed E-state index contributed by atoms with van der Waals surface area (Å²) in [5.74, 6) is -1.57. The third-order valence-corrected chi connectivity index (χ3v) is 6.46. The van der Waals surface area contributed by atoms with Crippen molar-refractivity contribution in [3.05, 3.63) is 71.3 Å². The second-order valence-electron chi connectivity index (χ2n) is 8.68. The summed E-state index contributed by atoms with van der Waals surface area (Å²) in [5.41, 5.74) is 8.99. The summed E-state index contributed by atoms with van der Waals surface area (Å²) in [5, 5.41) is 4.40. The zero-order valence-corrected chi connectivity index (χ0v) is 18.4. The number of halogens is 2. The molecule has 0 aliphatic carbocycles. The van der Waals surface area contributed by atoms with E-state index in [1.54, 1.807) is 30.2 Å². The molecule has 1 aliphatic rings. The fourth-order valence-electron chi connectivity index (χ4n) is 4.53. The molecular formula is C24H24F2N6O. The molecule has 9 heteroatoms. The van der Waals surface area contributed by atoms with E-state index >= 15 is 0 Å². The van der Waals surface area contributed by atoms with Crippen LogP contribution in [0.4, 0.5) is 8.78 Å². The topological polar surface area (TPSA) is 81.5 Å². The maximum Gasteiger partial charge on any atom is 0.251 e. The van der Waals surface area contributed by atoms with Crippen molar-refractivity contribution in [3.8, 4) is 16.9 Å². The van der Waals surface area contributed by atoms with Gasteiger partial charge in [-0.05, 0) is 63.5 Å². The Morgan fingerprint density at radius 1 is 1.09 bits per heavy atom. The minimum Gasteiger partial charge on any atom is -0.366 e. The molecule has 4 heterocycles. The molecule has 7 nitrogen and oxygen atoms in total. The van der Waals surface area contributed by atoms with Gasteiger partial charge >= 0.3 is 0 Å². The lowest BCUT2D eigenvalue weighted by molar-refractivity contribution is 0.0996. The highest BCUT2D eigenvalue weighted by molar-refractivity contribution is 5.93. The molecule has 0 bridgehead atoms. The van der Waals surface area contributed by atoms with Crippen molar-refractivity contribution in [2.24, 2.45) is 5.73 Å². The monoisotopic (exact) mass is 450 g/mol. The summed E-state index contributed by atoms with van der Waals surface area (Å²) in [6.45, 7) is 3.61. The van der Waals surface area contributed by atoms with Crippen LogP contribution in [0.25, 0.3) is 22.6 Å². The van der Waals surface area contributed by atoms with Crippen LogP contribution in [0.1, 0.15) is 40.2 Å². The number of nitrogens with zero attached hydrogens (tertiary/aromatic N) is 5. The van der Waals surface area contributed by atoms with Gasteiger partial charge in [0.1, 0.15) is 17.3 Å². The van der Waals surface area contributed by atoms with E-state index in [-0.39, 0.29) is 17.3 Å². The predicted octanol–water partition coefficient (Wildman–Crippen LogP) is 3.68. The van der Waals surface area contributed by atoms with Gasteiger partial charge in [-0.1, -0.05) is 0 Å². The Labute approximate surface area is 189 Å². The number of pyridine rings is 1. The van der Waals surface area contributed by atoms with Gasteiger partial charge in [0.25, 0.3) is 5.91 Å². The number of hydrogen-bond donors (Lipinski definition) is 1. The van der Waals surface area contributed by atoms with Gasteiger partial charge in [-0.25, -0.2) is 18.4 Å². The molecule has 1 aromatic carbocycles. The lowest BCUT2D eigenvalue weighted by Crippen LogP contribution is -2.29. The number of amides is 1. The summed E-state index contributed by atoms with van der Waals surface area (Å²) in [6.07, 6.45) is 8.78. The number of benzene rings is 1. The first-order valence-electron chi connectivity index (χ1n) is 10.8. The first-order chi connectivity index (χ1) is 15.8. The molecule has 0 unspecified atom stereocenters. The maximum absolute atomic E-state index is 14.9. The van der Waals surface area contributed by atoms with Gasteiger partial charge in [0.15, 0.2) is 0 Å². The van der Waals surface area contributed by atoms with E-state index < -0.39 is 11.7 Å². The molecule has 0 radical (unpaired) electrons. The minimum absolute atomic E-state index is 0.164. The van der Waals surface area contributed by atoms with Crippen LogP contribution in [0.2, 0.25) is 0 Å². The Balaban J connectivity index is 1.54. The van der Waals surface area contributed by atoms with Gasteiger partial charge in [0.2, 0.25) is 0 Å². The largest absolute Gasteiger partial charge is 0.366 e. The van der Waals surface area contributed by atoms with Crippen LogP contribution in [-0.4, -0.2) is 50.1 Å². The van der Waals surface area contributed by atoms with Crippen molar-refractivity contribution in [3.63, 3.8) is 0 Å². The van der Waals surface area contributed by atoms with Crippen molar-refractivity contribution >= 4 is 11.6 Å². The molecular weight excluding hydrogens is 426 g/mol. The number of rotatable bonds is 4. The number of hydrogen-bond acceptors (Lipinski definition) is 4. The van der Waals surface area contributed by atoms with Gasteiger partial charge in [-0.2, -0.15) is 5.10 Å². The molecule has 0 spiro atoms. The van der Waals surface area contributed by atoms with Gasteiger partial charge in [0.05, 0.1) is 29.3 Å². The Morgan fingerprint density at radius 2 is 1.85 bits per heavy atom. The van der Waals surface area contributed by atoms with Gasteiger partial charge < -0.3 is 10.6 Å². The van der Waals surface area contributed by atoms with Crippen LogP contribution in [0.15, 0.2) is 43.0 Å². The lowest BCUT2D eigenvalue weighted by Gasteiger charge is -2.29. The van der Waals surface area contributed by atoms with E-state index in [9.17, 15) is 13.6 Å². The van der Waals surface area contributed by atoms with E-state index in [4.69, 9.17) is 5.73 Å². The molecule has 0 saturated carbocycles. The van der Waals surface area contributed by atoms with E-state index in [1.807, 2.05) is 10.6 Å². The lowest BCUT2D eigenvalue weighted by atomic mass is 9.90. The number of aryl methyl sites for hydroxylation is 1. The number of nitrogens with two attached hydrogens (primary N) is 1. The molecule has 170 valence electrons. The molecule has 33 heavy (non-hydrogen) atoms. The molecule has 1 saturated heterocycles. The van der Waals surface area contributed by atoms with Crippen LogP contribution < -0.4 is 5.73 Å². The van der Waals surface area contributed by atoms with Crippen molar-refractivity contribution < 1.29 is 13.6 Å². The highest BCUT2D eigenvalue weighted by Gasteiger charge is 2.23. The molecule has 5 rings (SSSR count). The van der Waals surface area contributed by atoms with Gasteiger partial charge in [-0.15, -0.1) is 0 Å². The van der Waals surface area contributed by atoms with Gasteiger partial charge in [-0.3, -0.25) is 9.20 Å². The highest BCUT2D eigenvalue weighted by Crippen LogP contribution is 2.32. The zero-order chi connectivity index (χ0) is 23.3. The number of likely N-dealkylation sites (tertiary alicyclic amines) is 1. The van der Waals surface area contributed by atoms with E-state index in [1.165, 1.54) is 18.2 Å². The first kappa shape index (κ1) is 21.3. The fourth-order valence-corrected chi connectivity index (χ4v) is 4.53. The third-order valence-electron chi connectivity index (χ3n) is 6.46. The molecule has 1 fully saturated rings. The SMILES string of the molecule is Cc1cc(F)c(C(N)=O)cc1-n1cc(-c2cnc3cc(F)c(C4CCN(C)CC4)cn23)cn1. The summed E-state index contributed by atoms with van der Waals surface area (Å²) in [4.78, 5) is 18.2. The summed E-state index contributed by atoms with van der Waals surface area (Å²) < 4.78 is 32.4. The third kappa shape index (κ3) is 3.78. The number of piperidine rings is 1. The standard InChI is InChI=1S/C24H24F2N6O/c1-14-7-19(25)17(24(27)33)8-21(14)32-12-16(10-29-32)22-11-28-23-9-20(26)18(13-31(22)23)15-3-5-30(2)6-4-15/h7-13,15H,3-6H2,1-2H3,(H2,27,33). The summed E-state index contributed by atoms with van der Waals surface area (Å²) in [6, 6.07) is 4.14. The number of primary amides is 1. The van der Waals surface area contributed by atoms with Crippen LogP contribution in [-0.2, 0) is 0 Å². The van der Waals surface area contributed by atoms with Crippen LogP contribution >= 0.6 is 0 Å². The number of carbonyl (C=O) groups is 1. The highest BCUT2D eigenvalue weighted by atomic mass is 19.1. The molecule has 0 atom stereocenters.